The minimum atomic E-state index is 0.975. The van der Waals surface area contributed by atoms with Gasteiger partial charge in [-0.2, -0.15) is 5.06 Å². The third-order valence-electron chi connectivity index (χ3n) is 2.87. The van der Waals surface area contributed by atoms with Crippen LogP contribution in [0.3, 0.4) is 0 Å². The van der Waals surface area contributed by atoms with Crippen molar-refractivity contribution in [2.45, 2.75) is 12.8 Å². The van der Waals surface area contributed by atoms with E-state index >= 15 is 0 Å². The highest BCUT2D eigenvalue weighted by Crippen LogP contribution is 2.28. The van der Waals surface area contributed by atoms with Crippen molar-refractivity contribution in [3.63, 3.8) is 0 Å². The Balaban J connectivity index is 2.10. The summed E-state index contributed by atoms with van der Waals surface area (Å²) in [5.41, 5.74) is 3.13. The molecule has 0 amide bonds. The standard InChI is InChI=1S/C9H16N2O/c1-10-5-3-8-4-6-11(12-2)7-9(8)10/h3-7H2,1-2H3. The van der Waals surface area contributed by atoms with Gasteiger partial charge in [0.25, 0.3) is 0 Å². The lowest BCUT2D eigenvalue weighted by molar-refractivity contribution is -0.129. The Hall–Kier alpha value is -0.540. The summed E-state index contributed by atoms with van der Waals surface area (Å²) in [4.78, 5) is 7.57. The first-order chi connectivity index (χ1) is 5.81. The van der Waals surface area contributed by atoms with E-state index in [4.69, 9.17) is 4.84 Å². The Bertz CT molecular complexity index is 213. The highest BCUT2D eigenvalue weighted by molar-refractivity contribution is 5.22. The average Bonchev–Trinajstić information content (AvgIpc) is 2.47. The normalized spacial score (nSPS) is 25.0. The van der Waals surface area contributed by atoms with Crippen molar-refractivity contribution in [2.24, 2.45) is 0 Å². The third-order valence-corrected chi connectivity index (χ3v) is 2.87. The molecule has 12 heavy (non-hydrogen) atoms. The molecule has 2 aliphatic heterocycles. The number of hydrogen-bond donors (Lipinski definition) is 0. The molecule has 0 atom stereocenters. The summed E-state index contributed by atoms with van der Waals surface area (Å²) >= 11 is 0. The molecule has 0 N–H and O–H groups in total. The summed E-state index contributed by atoms with van der Waals surface area (Å²) in [5, 5.41) is 2.03. The largest absolute Gasteiger partial charge is 0.376 e. The lowest BCUT2D eigenvalue weighted by atomic mass is 10.1. The Morgan fingerprint density at radius 3 is 2.75 bits per heavy atom. The lowest BCUT2D eigenvalue weighted by Crippen LogP contribution is -2.33. The van der Waals surface area contributed by atoms with Crippen LogP contribution in [0.5, 0.6) is 0 Å². The third kappa shape index (κ3) is 1.23. The Kier molecular flexibility index (Phi) is 2.07. The zero-order valence-electron chi connectivity index (χ0n) is 7.84. The maximum Gasteiger partial charge on any atom is 0.0640 e. The molecule has 0 aliphatic carbocycles. The molecule has 0 fully saturated rings. The van der Waals surface area contributed by atoms with Crippen molar-refractivity contribution in [1.82, 2.24) is 9.96 Å². The minimum absolute atomic E-state index is 0.975. The molecule has 0 saturated carbocycles. The van der Waals surface area contributed by atoms with Crippen LogP contribution in [0.1, 0.15) is 12.8 Å². The maximum atomic E-state index is 5.22. The molecule has 3 heteroatoms. The Labute approximate surface area is 73.5 Å². The quantitative estimate of drug-likeness (QED) is 0.577. The summed E-state index contributed by atoms with van der Waals surface area (Å²) in [7, 11) is 3.92. The second-order valence-electron chi connectivity index (χ2n) is 3.52. The van der Waals surface area contributed by atoms with E-state index in [9.17, 15) is 0 Å². The topological polar surface area (TPSA) is 15.7 Å². The van der Waals surface area contributed by atoms with E-state index in [0.717, 1.165) is 13.1 Å². The van der Waals surface area contributed by atoms with Gasteiger partial charge in [0.1, 0.15) is 0 Å². The first-order valence-corrected chi connectivity index (χ1v) is 4.52. The number of rotatable bonds is 1. The first kappa shape index (κ1) is 8.08. The van der Waals surface area contributed by atoms with Gasteiger partial charge < -0.3 is 9.74 Å². The maximum absolute atomic E-state index is 5.22. The van der Waals surface area contributed by atoms with Crippen molar-refractivity contribution in [2.75, 3.05) is 33.8 Å². The zero-order valence-corrected chi connectivity index (χ0v) is 7.84. The van der Waals surface area contributed by atoms with Crippen molar-refractivity contribution in [3.8, 4) is 0 Å². The molecule has 2 rings (SSSR count). The molecule has 2 heterocycles. The van der Waals surface area contributed by atoms with Gasteiger partial charge in [0.05, 0.1) is 13.7 Å². The van der Waals surface area contributed by atoms with Crippen molar-refractivity contribution >= 4 is 0 Å². The highest BCUT2D eigenvalue weighted by atomic mass is 16.7. The number of hydroxylamine groups is 2. The van der Waals surface area contributed by atoms with Crippen LogP contribution in [0.25, 0.3) is 0 Å². The minimum Gasteiger partial charge on any atom is -0.376 e. The van der Waals surface area contributed by atoms with Crippen LogP contribution in [0.4, 0.5) is 0 Å². The zero-order chi connectivity index (χ0) is 8.55. The molecular formula is C9H16N2O. The van der Waals surface area contributed by atoms with Gasteiger partial charge in [-0.1, -0.05) is 0 Å². The summed E-state index contributed by atoms with van der Waals surface area (Å²) < 4.78 is 0. The van der Waals surface area contributed by atoms with Crippen molar-refractivity contribution < 1.29 is 4.84 Å². The summed E-state index contributed by atoms with van der Waals surface area (Å²) in [5.74, 6) is 0. The van der Waals surface area contributed by atoms with Gasteiger partial charge in [0, 0.05) is 25.8 Å². The van der Waals surface area contributed by atoms with E-state index in [1.54, 1.807) is 12.7 Å². The summed E-state index contributed by atoms with van der Waals surface area (Å²) in [6, 6.07) is 0. The van der Waals surface area contributed by atoms with Gasteiger partial charge in [-0.05, 0) is 18.4 Å². The van der Waals surface area contributed by atoms with Crippen molar-refractivity contribution in [1.29, 1.82) is 0 Å². The molecule has 0 saturated heterocycles. The van der Waals surface area contributed by atoms with E-state index in [1.165, 1.54) is 25.1 Å². The first-order valence-electron chi connectivity index (χ1n) is 4.52. The number of likely N-dealkylation sites (N-methyl/N-ethyl adjacent to an activating group) is 1. The number of nitrogens with zero attached hydrogens (tertiary/aromatic N) is 2. The molecule has 0 bridgehead atoms. The van der Waals surface area contributed by atoms with Gasteiger partial charge in [0.2, 0.25) is 0 Å². The predicted octanol–water partition coefficient (Wildman–Crippen LogP) is 0.843. The monoisotopic (exact) mass is 168 g/mol. The van der Waals surface area contributed by atoms with Gasteiger partial charge >= 0.3 is 0 Å². The van der Waals surface area contributed by atoms with Gasteiger partial charge in [0.15, 0.2) is 0 Å². The van der Waals surface area contributed by atoms with E-state index in [1.807, 2.05) is 5.06 Å². The fourth-order valence-electron chi connectivity index (χ4n) is 2.02. The van der Waals surface area contributed by atoms with Crippen LogP contribution in [0.2, 0.25) is 0 Å². The van der Waals surface area contributed by atoms with Gasteiger partial charge in [-0.15, -0.1) is 0 Å². The van der Waals surface area contributed by atoms with E-state index < -0.39 is 0 Å². The molecule has 0 aromatic rings. The van der Waals surface area contributed by atoms with Crippen LogP contribution in [-0.4, -0.2) is 43.8 Å². The van der Waals surface area contributed by atoms with E-state index in [2.05, 4.69) is 11.9 Å². The molecule has 0 aromatic carbocycles. The second kappa shape index (κ2) is 3.07. The van der Waals surface area contributed by atoms with Crippen molar-refractivity contribution in [3.05, 3.63) is 11.3 Å². The van der Waals surface area contributed by atoms with E-state index in [0.29, 0.717) is 0 Å². The highest BCUT2D eigenvalue weighted by Gasteiger charge is 2.25. The molecule has 0 spiro atoms. The molecular weight excluding hydrogens is 152 g/mol. The smallest absolute Gasteiger partial charge is 0.0640 e. The molecule has 0 radical (unpaired) electrons. The van der Waals surface area contributed by atoms with E-state index in [-0.39, 0.29) is 0 Å². The predicted molar refractivity (Wildman–Crippen MR) is 47.5 cm³/mol. The van der Waals surface area contributed by atoms with Crippen LogP contribution in [0, 0.1) is 0 Å². The Morgan fingerprint density at radius 1 is 1.25 bits per heavy atom. The summed E-state index contributed by atoms with van der Waals surface area (Å²) in [6.07, 6.45) is 2.46. The molecule has 0 aromatic heterocycles. The van der Waals surface area contributed by atoms with Crippen LogP contribution in [-0.2, 0) is 4.84 Å². The SMILES string of the molecule is CON1CCC2=C(C1)N(C)CC2. The summed E-state index contributed by atoms with van der Waals surface area (Å²) in [6.45, 7) is 3.23. The van der Waals surface area contributed by atoms with Crippen LogP contribution < -0.4 is 0 Å². The molecule has 3 nitrogen and oxygen atoms in total. The lowest BCUT2D eigenvalue weighted by Gasteiger charge is -2.28. The van der Waals surface area contributed by atoms with Crippen LogP contribution in [0.15, 0.2) is 11.3 Å². The van der Waals surface area contributed by atoms with Gasteiger partial charge in [-0.3, -0.25) is 0 Å². The van der Waals surface area contributed by atoms with Crippen LogP contribution >= 0.6 is 0 Å². The van der Waals surface area contributed by atoms with Gasteiger partial charge in [-0.25, -0.2) is 0 Å². The second-order valence-corrected chi connectivity index (χ2v) is 3.52. The average molecular weight is 168 g/mol. The molecule has 0 unspecified atom stereocenters. The molecule has 68 valence electrons. The molecule has 2 aliphatic rings. The Morgan fingerprint density at radius 2 is 2.00 bits per heavy atom. The fraction of sp³-hybridized carbons (Fsp3) is 0.778. The number of hydrogen-bond acceptors (Lipinski definition) is 3. The fourth-order valence-corrected chi connectivity index (χ4v) is 2.02.